The van der Waals surface area contributed by atoms with Crippen molar-refractivity contribution < 1.29 is 0 Å². The average molecular weight is 213 g/mol. The Labute approximate surface area is 95.6 Å². The van der Waals surface area contributed by atoms with Crippen molar-refractivity contribution >= 4 is 5.69 Å². The molecule has 0 spiro atoms. The molecule has 0 aliphatic rings. The average Bonchev–Trinajstić information content (AvgIpc) is 2.38. The van der Waals surface area contributed by atoms with E-state index in [1.807, 2.05) is 0 Å². The van der Waals surface area contributed by atoms with Crippen LogP contribution < -0.4 is 5.32 Å². The molecule has 0 saturated heterocycles. The molecule has 3 heteroatoms. The molecular weight excluding hydrogens is 198 g/mol. The van der Waals surface area contributed by atoms with E-state index in [0.29, 0.717) is 6.54 Å². The molecule has 0 saturated carbocycles. The maximum atomic E-state index is 4.20. The number of benzene rings is 1. The van der Waals surface area contributed by atoms with E-state index >= 15 is 0 Å². The first-order chi connectivity index (χ1) is 7.88. The van der Waals surface area contributed by atoms with E-state index in [1.54, 1.807) is 18.6 Å². The molecule has 1 aromatic carbocycles. The van der Waals surface area contributed by atoms with Crippen molar-refractivity contribution in [3.8, 4) is 0 Å². The molecule has 1 N–H and O–H groups in total. The Bertz CT molecular complexity index is 423. The summed E-state index contributed by atoms with van der Waals surface area (Å²) in [5.74, 6) is 0. The Morgan fingerprint density at radius 2 is 1.94 bits per heavy atom. The summed E-state index contributed by atoms with van der Waals surface area (Å²) in [5.41, 5.74) is 3.41. The largest absolute Gasteiger partial charge is 0.379 e. The molecule has 1 aromatic heterocycles. The minimum absolute atomic E-state index is 0.708. The first kappa shape index (κ1) is 10.6. The van der Waals surface area contributed by atoms with Gasteiger partial charge in [0.15, 0.2) is 0 Å². The van der Waals surface area contributed by atoms with E-state index in [-0.39, 0.29) is 0 Å². The van der Waals surface area contributed by atoms with Crippen molar-refractivity contribution in [2.24, 2.45) is 0 Å². The van der Waals surface area contributed by atoms with Crippen LogP contribution in [-0.4, -0.2) is 9.97 Å². The van der Waals surface area contributed by atoms with E-state index < -0.39 is 0 Å². The maximum Gasteiger partial charge on any atom is 0.0777 e. The van der Waals surface area contributed by atoms with Gasteiger partial charge in [-0.15, -0.1) is 0 Å². The number of aromatic nitrogens is 2. The zero-order valence-electron chi connectivity index (χ0n) is 9.35. The summed E-state index contributed by atoms with van der Waals surface area (Å²) >= 11 is 0. The number of rotatable bonds is 4. The Morgan fingerprint density at radius 1 is 1.12 bits per heavy atom. The van der Waals surface area contributed by atoms with Gasteiger partial charge in [-0.2, -0.15) is 0 Å². The second-order valence-corrected chi connectivity index (χ2v) is 3.60. The fourth-order valence-electron chi connectivity index (χ4n) is 1.47. The van der Waals surface area contributed by atoms with Gasteiger partial charge in [0, 0.05) is 18.1 Å². The topological polar surface area (TPSA) is 37.8 Å². The third kappa shape index (κ3) is 2.79. The monoisotopic (exact) mass is 213 g/mol. The van der Waals surface area contributed by atoms with E-state index in [1.165, 1.54) is 5.56 Å². The number of nitrogens with one attached hydrogen (secondary N) is 1. The Balaban J connectivity index is 1.94. The second kappa shape index (κ2) is 5.26. The lowest BCUT2D eigenvalue weighted by atomic mass is 10.1. The van der Waals surface area contributed by atoms with Crippen LogP contribution in [0.2, 0.25) is 0 Å². The van der Waals surface area contributed by atoms with Crippen LogP contribution in [-0.2, 0) is 13.0 Å². The highest BCUT2D eigenvalue weighted by Gasteiger charge is 1.95. The molecule has 0 fully saturated rings. The van der Waals surface area contributed by atoms with E-state index in [0.717, 1.165) is 17.8 Å². The lowest BCUT2D eigenvalue weighted by Gasteiger charge is -2.06. The van der Waals surface area contributed by atoms with Gasteiger partial charge < -0.3 is 5.32 Å². The third-order valence-electron chi connectivity index (χ3n) is 2.45. The first-order valence-electron chi connectivity index (χ1n) is 5.46. The molecule has 0 bridgehead atoms. The fraction of sp³-hybridized carbons (Fsp3) is 0.231. The lowest BCUT2D eigenvalue weighted by Crippen LogP contribution is -2.01. The van der Waals surface area contributed by atoms with Crippen molar-refractivity contribution in [1.82, 2.24) is 9.97 Å². The van der Waals surface area contributed by atoms with E-state index in [9.17, 15) is 0 Å². The minimum Gasteiger partial charge on any atom is -0.379 e. The summed E-state index contributed by atoms with van der Waals surface area (Å²) in [4.78, 5) is 8.22. The maximum absolute atomic E-state index is 4.20. The highest BCUT2D eigenvalue weighted by atomic mass is 14.9. The third-order valence-corrected chi connectivity index (χ3v) is 2.45. The molecule has 0 atom stereocenters. The number of aryl methyl sites for hydroxylation is 1. The Morgan fingerprint density at radius 3 is 2.56 bits per heavy atom. The van der Waals surface area contributed by atoms with Crippen LogP contribution in [0.15, 0.2) is 42.9 Å². The number of anilines is 1. The molecule has 1 heterocycles. The van der Waals surface area contributed by atoms with Crippen LogP contribution in [0, 0.1) is 0 Å². The molecule has 0 aliphatic heterocycles. The van der Waals surface area contributed by atoms with Gasteiger partial charge in [-0.3, -0.25) is 9.97 Å². The van der Waals surface area contributed by atoms with Gasteiger partial charge in [-0.25, -0.2) is 0 Å². The molecule has 0 unspecified atom stereocenters. The van der Waals surface area contributed by atoms with Crippen LogP contribution in [0.25, 0.3) is 0 Å². The van der Waals surface area contributed by atoms with Crippen molar-refractivity contribution in [3.63, 3.8) is 0 Å². The van der Waals surface area contributed by atoms with E-state index in [2.05, 4.69) is 46.5 Å². The molecule has 0 radical (unpaired) electrons. The van der Waals surface area contributed by atoms with Crippen LogP contribution in [0.5, 0.6) is 0 Å². The normalized spacial score (nSPS) is 10.1. The highest BCUT2D eigenvalue weighted by molar-refractivity contribution is 5.44. The minimum atomic E-state index is 0.708. The summed E-state index contributed by atoms with van der Waals surface area (Å²) in [5, 5.41) is 3.31. The zero-order valence-corrected chi connectivity index (χ0v) is 9.35. The summed E-state index contributed by atoms with van der Waals surface area (Å²) < 4.78 is 0. The van der Waals surface area contributed by atoms with Gasteiger partial charge in [0.2, 0.25) is 0 Å². The van der Waals surface area contributed by atoms with Crippen LogP contribution >= 0.6 is 0 Å². The van der Waals surface area contributed by atoms with Gasteiger partial charge in [0.25, 0.3) is 0 Å². The smallest absolute Gasteiger partial charge is 0.0777 e. The molecule has 3 nitrogen and oxygen atoms in total. The van der Waals surface area contributed by atoms with Gasteiger partial charge in [0.1, 0.15) is 0 Å². The Kier molecular flexibility index (Phi) is 3.49. The number of hydrogen-bond donors (Lipinski definition) is 1. The SMILES string of the molecule is CCc1ccc(NCc2cnccn2)cc1. The molecule has 16 heavy (non-hydrogen) atoms. The van der Waals surface area contributed by atoms with Crippen LogP contribution in [0.1, 0.15) is 18.2 Å². The number of hydrogen-bond acceptors (Lipinski definition) is 3. The number of nitrogens with zero attached hydrogens (tertiary/aromatic N) is 2. The molecule has 2 rings (SSSR count). The summed E-state index contributed by atoms with van der Waals surface area (Å²) in [6.07, 6.45) is 6.23. The van der Waals surface area contributed by atoms with Crippen molar-refractivity contribution in [1.29, 1.82) is 0 Å². The summed E-state index contributed by atoms with van der Waals surface area (Å²) in [6.45, 7) is 2.86. The summed E-state index contributed by atoms with van der Waals surface area (Å²) in [6, 6.07) is 8.46. The standard InChI is InChI=1S/C13H15N3/c1-2-11-3-5-12(6-4-11)16-10-13-9-14-7-8-15-13/h3-9,16H,2,10H2,1H3. The quantitative estimate of drug-likeness (QED) is 0.848. The predicted molar refractivity (Wildman–Crippen MR) is 65.2 cm³/mol. The second-order valence-electron chi connectivity index (χ2n) is 3.60. The van der Waals surface area contributed by atoms with Crippen molar-refractivity contribution in [2.75, 3.05) is 5.32 Å². The molecular formula is C13H15N3. The van der Waals surface area contributed by atoms with E-state index in [4.69, 9.17) is 0 Å². The van der Waals surface area contributed by atoms with Crippen LogP contribution in [0.3, 0.4) is 0 Å². The van der Waals surface area contributed by atoms with Gasteiger partial charge >= 0.3 is 0 Å². The van der Waals surface area contributed by atoms with Gasteiger partial charge in [-0.1, -0.05) is 19.1 Å². The van der Waals surface area contributed by atoms with Gasteiger partial charge in [-0.05, 0) is 24.1 Å². The predicted octanol–water partition coefficient (Wildman–Crippen LogP) is 2.65. The van der Waals surface area contributed by atoms with Crippen LogP contribution in [0.4, 0.5) is 5.69 Å². The lowest BCUT2D eigenvalue weighted by molar-refractivity contribution is 1.01. The molecule has 0 amide bonds. The van der Waals surface area contributed by atoms with Crippen molar-refractivity contribution in [2.45, 2.75) is 19.9 Å². The Hall–Kier alpha value is -1.90. The molecule has 2 aromatic rings. The summed E-state index contributed by atoms with van der Waals surface area (Å²) in [7, 11) is 0. The zero-order chi connectivity index (χ0) is 11.2. The fourth-order valence-corrected chi connectivity index (χ4v) is 1.47. The molecule has 0 aliphatic carbocycles. The first-order valence-corrected chi connectivity index (χ1v) is 5.46. The van der Waals surface area contributed by atoms with Crippen molar-refractivity contribution in [3.05, 3.63) is 54.1 Å². The highest BCUT2D eigenvalue weighted by Crippen LogP contribution is 2.10. The molecule has 82 valence electrons. The van der Waals surface area contributed by atoms with Gasteiger partial charge in [0.05, 0.1) is 18.4 Å².